The smallest absolute Gasteiger partial charge is 0.406 e. The fourth-order valence-electron chi connectivity index (χ4n) is 1.54. The van der Waals surface area contributed by atoms with Gasteiger partial charge in [-0.1, -0.05) is 30.3 Å². The summed E-state index contributed by atoms with van der Waals surface area (Å²) in [5, 5.41) is 14.5. The molecule has 0 unspecified atom stereocenters. The highest BCUT2D eigenvalue weighted by Crippen LogP contribution is 2.00. The van der Waals surface area contributed by atoms with Gasteiger partial charge in [0.1, 0.15) is 6.04 Å². The quantitative estimate of drug-likeness (QED) is 0.684. The van der Waals surface area contributed by atoms with Gasteiger partial charge in [0.05, 0.1) is 7.11 Å². The van der Waals surface area contributed by atoms with Crippen LogP contribution < -0.4 is 10.6 Å². The molecule has 1 aromatic carbocycles. The maximum atomic E-state index is 11.1. The number of amides is 1. The molecule has 19 heavy (non-hydrogen) atoms. The molecule has 0 aliphatic carbocycles. The van der Waals surface area contributed by atoms with Crippen LogP contribution in [0.3, 0.4) is 0 Å². The van der Waals surface area contributed by atoms with Crippen LogP contribution in [-0.2, 0) is 16.1 Å². The average Bonchev–Trinajstić information content (AvgIpc) is 2.43. The first-order valence-electron chi connectivity index (χ1n) is 5.95. The molecular weight excluding hydrogens is 248 g/mol. The van der Waals surface area contributed by atoms with E-state index in [0.717, 1.165) is 5.56 Å². The van der Waals surface area contributed by atoms with Crippen LogP contribution >= 0.6 is 0 Å². The third-order valence-electron chi connectivity index (χ3n) is 2.58. The molecule has 1 rings (SSSR count). The lowest BCUT2D eigenvalue weighted by Gasteiger charge is -2.14. The number of carbonyl (C=O) groups is 2. The minimum absolute atomic E-state index is 0.241. The monoisotopic (exact) mass is 266 g/mol. The van der Waals surface area contributed by atoms with Gasteiger partial charge in [-0.3, -0.25) is 4.79 Å². The van der Waals surface area contributed by atoms with Crippen molar-refractivity contribution in [3.8, 4) is 0 Å². The maximum Gasteiger partial charge on any atom is 0.406 e. The van der Waals surface area contributed by atoms with Crippen LogP contribution in [0.2, 0.25) is 0 Å². The van der Waals surface area contributed by atoms with E-state index in [-0.39, 0.29) is 13.0 Å². The molecule has 6 nitrogen and oxygen atoms in total. The van der Waals surface area contributed by atoms with Crippen molar-refractivity contribution < 1.29 is 19.4 Å². The molecule has 0 saturated carbocycles. The summed E-state index contributed by atoms with van der Waals surface area (Å²) in [4.78, 5) is 21.9. The second-order valence-corrected chi connectivity index (χ2v) is 3.96. The molecule has 0 aromatic heterocycles. The number of benzene rings is 1. The van der Waals surface area contributed by atoms with E-state index in [4.69, 9.17) is 5.11 Å². The highest BCUT2D eigenvalue weighted by molar-refractivity contribution is 5.73. The lowest BCUT2D eigenvalue weighted by molar-refractivity contribution is -0.139. The number of methoxy groups -OCH3 is 1. The molecule has 1 atom stereocenters. The van der Waals surface area contributed by atoms with Crippen molar-refractivity contribution in [3.63, 3.8) is 0 Å². The number of carboxylic acids is 1. The Morgan fingerprint density at radius 3 is 2.58 bits per heavy atom. The highest BCUT2D eigenvalue weighted by Gasteiger charge is 2.16. The van der Waals surface area contributed by atoms with E-state index in [1.165, 1.54) is 7.11 Å². The van der Waals surface area contributed by atoms with Crippen molar-refractivity contribution in [1.82, 2.24) is 10.6 Å². The number of carbonyl (C=O) groups excluding carboxylic acids is 1. The largest absolute Gasteiger partial charge is 0.480 e. The molecule has 0 fully saturated rings. The molecule has 0 bridgehead atoms. The lowest BCUT2D eigenvalue weighted by Crippen LogP contribution is -2.39. The Hall–Kier alpha value is -2.08. The van der Waals surface area contributed by atoms with Gasteiger partial charge in [-0.15, -0.1) is 0 Å². The van der Waals surface area contributed by atoms with Crippen LogP contribution in [0.15, 0.2) is 30.3 Å². The number of carboxylic acid groups (broad SMARTS) is 1. The van der Waals surface area contributed by atoms with Crippen LogP contribution in [0.1, 0.15) is 12.0 Å². The fraction of sp³-hybridized carbons (Fsp3) is 0.385. The number of rotatable bonds is 7. The van der Waals surface area contributed by atoms with Crippen molar-refractivity contribution in [2.24, 2.45) is 0 Å². The zero-order valence-electron chi connectivity index (χ0n) is 10.8. The van der Waals surface area contributed by atoms with Gasteiger partial charge in [-0.05, 0) is 12.0 Å². The van der Waals surface area contributed by atoms with Gasteiger partial charge < -0.3 is 20.5 Å². The second kappa shape index (κ2) is 8.10. The first-order chi connectivity index (χ1) is 9.13. The summed E-state index contributed by atoms with van der Waals surface area (Å²) in [6, 6.07) is 8.81. The van der Waals surface area contributed by atoms with Crippen LogP contribution in [0.5, 0.6) is 0 Å². The molecule has 0 aliphatic heterocycles. The first-order valence-corrected chi connectivity index (χ1v) is 5.95. The van der Waals surface area contributed by atoms with Crippen molar-refractivity contribution in [2.45, 2.75) is 19.0 Å². The molecule has 1 amide bonds. The van der Waals surface area contributed by atoms with Crippen LogP contribution in [-0.4, -0.2) is 36.9 Å². The summed E-state index contributed by atoms with van der Waals surface area (Å²) < 4.78 is 4.40. The van der Waals surface area contributed by atoms with Gasteiger partial charge >= 0.3 is 12.1 Å². The number of alkyl carbamates (subject to hydrolysis) is 1. The van der Waals surface area contributed by atoms with E-state index in [9.17, 15) is 9.59 Å². The first kappa shape index (κ1) is 15.0. The Balaban J connectivity index is 2.36. The van der Waals surface area contributed by atoms with Crippen LogP contribution in [0.4, 0.5) is 4.79 Å². The Morgan fingerprint density at radius 2 is 2.00 bits per heavy atom. The average molecular weight is 266 g/mol. The SMILES string of the molecule is COC(=O)NCC[C@H](NCc1ccccc1)C(=O)O. The van der Waals surface area contributed by atoms with Crippen molar-refractivity contribution >= 4 is 12.1 Å². The second-order valence-electron chi connectivity index (χ2n) is 3.96. The van der Waals surface area contributed by atoms with E-state index in [1.54, 1.807) is 0 Å². The summed E-state index contributed by atoms with van der Waals surface area (Å²) in [7, 11) is 1.26. The Labute approximate surface area is 111 Å². The molecule has 0 radical (unpaired) electrons. The van der Waals surface area contributed by atoms with E-state index in [0.29, 0.717) is 6.54 Å². The predicted octanol–water partition coefficient (Wildman–Crippen LogP) is 0.975. The van der Waals surface area contributed by atoms with Gasteiger partial charge in [-0.25, -0.2) is 4.79 Å². The summed E-state index contributed by atoms with van der Waals surface area (Å²) in [6.45, 7) is 0.710. The van der Waals surface area contributed by atoms with Gasteiger partial charge in [0.2, 0.25) is 0 Å². The highest BCUT2D eigenvalue weighted by atomic mass is 16.5. The molecule has 6 heteroatoms. The summed E-state index contributed by atoms with van der Waals surface area (Å²) in [5.74, 6) is -0.942. The van der Waals surface area contributed by atoms with E-state index >= 15 is 0 Å². The topological polar surface area (TPSA) is 87.7 Å². The summed E-state index contributed by atoms with van der Waals surface area (Å²) in [6.07, 6.45) is -0.274. The van der Waals surface area contributed by atoms with Gasteiger partial charge in [0, 0.05) is 13.1 Å². The van der Waals surface area contributed by atoms with Crippen molar-refractivity contribution in [1.29, 1.82) is 0 Å². The van der Waals surface area contributed by atoms with Crippen LogP contribution in [0, 0.1) is 0 Å². The molecule has 0 heterocycles. The van der Waals surface area contributed by atoms with Crippen molar-refractivity contribution in [2.75, 3.05) is 13.7 Å². The molecule has 104 valence electrons. The molecule has 1 aromatic rings. The molecule has 0 spiro atoms. The zero-order chi connectivity index (χ0) is 14.1. The van der Waals surface area contributed by atoms with Gasteiger partial charge in [0.25, 0.3) is 0 Å². The number of nitrogens with one attached hydrogen (secondary N) is 2. The van der Waals surface area contributed by atoms with Crippen molar-refractivity contribution in [3.05, 3.63) is 35.9 Å². The number of hydrogen-bond acceptors (Lipinski definition) is 4. The minimum atomic E-state index is -0.942. The molecule has 3 N–H and O–H groups in total. The van der Waals surface area contributed by atoms with Crippen LogP contribution in [0.25, 0.3) is 0 Å². The van der Waals surface area contributed by atoms with Gasteiger partial charge in [-0.2, -0.15) is 0 Å². The molecule has 0 aliphatic rings. The summed E-state index contributed by atoms with van der Waals surface area (Å²) >= 11 is 0. The third-order valence-corrected chi connectivity index (χ3v) is 2.58. The minimum Gasteiger partial charge on any atom is -0.480 e. The van der Waals surface area contributed by atoms with E-state index in [1.807, 2.05) is 30.3 Å². The number of aliphatic carboxylic acids is 1. The lowest BCUT2D eigenvalue weighted by atomic mass is 10.1. The van der Waals surface area contributed by atoms with Gasteiger partial charge in [0.15, 0.2) is 0 Å². The Morgan fingerprint density at radius 1 is 1.32 bits per heavy atom. The molecule has 0 saturated heterocycles. The van der Waals surface area contributed by atoms with E-state index in [2.05, 4.69) is 15.4 Å². The molecular formula is C13H18N2O4. The Bertz CT molecular complexity index is 408. The van der Waals surface area contributed by atoms with E-state index < -0.39 is 18.1 Å². The fourth-order valence-corrected chi connectivity index (χ4v) is 1.54. The predicted molar refractivity (Wildman–Crippen MR) is 69.7 cm³/mol. The maximum absolute atomic E-state index is 11.1. The zero-order valence-corrected chi connectivity index (χ0v) is 10.8. The normalized spacial score (nSPS) is 11.6. The third kappa shape index (κ3) is 5.87. The standard InChI is InChI=1S/C13H18N2O4/c1-19-13(18)14-8-7-11(12(16)17)15-9-10-5-3-2-4-6-10/h2-6,11,15H,7-9H2,1H3,(H,14,18)(H,16,17)/t11-/m0/s1. The Kier molecular flexibility index (Phi) is 6.38. The number of ether oxygens (including phenoxy) is 1. The number of hydrogen-bond donors (Lipinski definition) is 3. The summed E-state index contributed by atoms with van der Waals surface area (Å²) in [5.41, 5.74) is 1.01.